The number of rotatable bonds is 11. The summed E-state index contributed by atoms with van der Waals surface area (Å²) >= 11 is 0. The maximum Gasteiger partial charge on any atom is 0.339 e. The maximum absolute atomic E-state index is 14.8. The SMILES string of the molecule is COCCOC(=O)c1c[nH]c(-c2cc(Oc3ccc(CC(=O)Cc4cc(C)ccc4F)c(F)c3)ccn2)c1. The minimum Gasteiger partial charge on any atom is -0.460 e. The summed E-state index contributed by atoms with van der Waals surface area (Å²) in [5.74, 6) is -1.22. The Hall–Kier alpha value is -4.37. The number of esters is 1. The lowest BCUT2D eigenvalue weighted by molar-refractivity contribution is -0.117. The van der Waals surface area contributed by atoms with Crippen molar-refractivity contribution in [2.24, 2.45) is 0 Å². The average Bonchev–Trinajstić information content (AvgIpc) is 3.39. The molecule has 0 radical (unpaired) electrons. The molecule has 4 rings (SSSR count). The maximum atomic E-state index is 14.8. The second-order valence-corrected chi connectivity index (χ2v) is 8.65. The number of benzene rings is 2. The van der Waals surface area contributed by atoms with Crippen LogP contribution < -0.4 is 4.74 Å². The number of hydrogen-bond donors (Lipinski definition) is 1. The van der Waals surface area contributed by atoms with Gasteiger partial charge >= 0.3 is 5.97 Å². The van der Waals surface area contributed by atoms with Crippen LogP contribution >= 0.6 is 0 Å². The Morgan fingerprint density at radius 2 is 1.68 bits per heavy atom. The van der Waals surface area contributed by atoms with E-state index in [1.807, 2.05) is 6.92 Å². The summed E-state index contributed by atoms with van der Waals surface area (Å²) < 4.78 is 44.5. The van der Waals surface area contributed by atoms with Crippen LogP contribution in [0.3, 0.4) is 0 Å². The molecular formula is C29H26F2N2O5. The van der Waals surface area contributed by atoms with E-state index in [-0.39, 0.29) is 36.5 Å². The first-order chi connectivity index (χ1) is 18.3. The molecule has 0 fully saturated rings. The van der Waals surface area contributed by atoms with E-state index in [1.165, 1.54) is 37.7 Å². The number of aryl methyl sites for hydroxylation is 1. The van der Waals surface area contributed by atoms with E-state index in [4.69, 9.17) is 14.2 Å². The van der Waals surface area contributed by atoms with Gasteiger partial charge in [-0.1, -0.05) is 23.8 Å². The van der Waals surface area contributed by atoms with E-state index in [0.29, 0.717) is 34.9 Å². The highest BCUT2D eigenvalue weighted by Crippen LogP contribution is 2.27. The minimum absolute atomic E-state index is 0.115. The highest BCUT2D eigenvalue weighted by atomic mass is 19.1. The summed E-state index contributed by atoms with van der Waals surface area (Å²) in [5.41, 5.74) is 2.74. The molecular weight excluding hydrogens is 494 g/mol. The number of methoxy groups -OCH3 is 1. The van der Waals surface area contributed by atoms with Crippen molar-refractivity contribution in [3.63, 3.8) is 0 Å². The van der Waals surface area contributed by atoms with Crippen molar-refractivity contribution in [3.8, 4) is 22.9 Å². The monoisotopic (exact) mass is 520 g/mol. The van der Waals surface area contributed by atoms with E-state index in [1.54, 1.807) is 36.4 Å². The molecule has 9 heteroatoms. The summed E-state index contributed by atoms with van der Waals surface area (Å²) in [6.07, 6.45) is 2.76. The largest absolute Gasteiger partial charge is 0.460 e. The third-order valence-electron chi connectivity index (χ3n) is 5.68. The number of ether oxygens (including phenoxy) is 3. The zero-order valence-corrected chi connectivity index (χ0v) is 20.9. The number of aromatic nitrogens is 2. The predicted octanol–water partition coefficient (Wildman–Crippen LogP) is 5.61. The fourth-order valence-electron chi connectivity index (χ4n) is 3.78. The Morgan fingerprint density at radius 3 is 2.47 bits per heavy atom. The summed E-state index contributed by atoms with van der Waals surface area (Å²) in [6, 6.07) is 13.6. The lowest BCUT2D eigenvalue weighted by Crippen LogP contribution is -2.09. The number of hydrogen-bond acceptors (Lipinski definition) is 6. The molecule has 2 aromatic heterocycles. The van der Waals surface area contributed by atoms with Gasteiger partial charge in [0.2, 0.25) is 0 Å². The van der Waals surface area contributed by atoms with Gasteiger partial charge in [-0.2, -0.15) is 0 Å². The molecule has 0 unspecified atom stereocenters. The molecule has 0 aliphatic heterocycles. The van der Waals surface area contributed by atoms with Crippen molar-refractivity contribution < 1.29 is 32.6 Å². The van der Waals surface area contributed by atoms with Crippen molar-refractivity contribution in [1.29, 1.82) is 0 Å². The van der Waals surface area contributed by atoms with Crippen LogP contribution in [0.2, 0.25) is 0 Å². The van der Waals surface area contributed by atoms with E-state index in [0.717, 1.165) is 5.56 Å². The molecule has 0 amide bonds. The van der Waals surface area contributed by atoms with E-state index in [2.05, 4.69) is 9.97 Å². The molecule has 0 atom stereocenters. The van der Waals surface area contributed by atoms with Gasteiger partial charge in [-0.05, 0) is 42.3 Å². The zero-order valence-electron chi connectivity index (χ0n) is 20.9. The van der Waals surface area contributed by atoms with Crippen LogP contribution in [0.4, 0.5) is 8.78 Å². The Bertz CT molecular complexity index is 1450. The van der Waals surface area contributed by atoms with Crippen LogP contribution in [0.25, 0.3) is 11.4 Å². The topological polar surface area (TPSA) is 90.5 Å². The third-order valence-corrected chi connectivity index (χ3v) is 5.68. The highest BCUT2D eigenvalue weighted by Gasteiger charge is 2.15. The molecule has 4 aromatic rings. The molecule has 1 N–H and O–H groups in total. The Morgan fingerprint density at radius 1 is 0.895 bits per heavy atom. The van der Waals surface area contributed by atoms with Crippen molar-refractivity contribution >= 4 is 11.8 Å². The Kier molecular flexibility index (Phi) is 8.60. The molecule has 0 saturated carbocycles. The number of pyridine rings is 1. The highest BCUT2D eigenvalue weighted by molar-refractivity contribution is 5.90. The number of ketones is 1. The second-order valence-electron chi connectivity index (χ2n) is 8.65. The first-order valence-electron chi connectivity index (χ1n) is 11.9. The fraction of sp³-hybridized carbons (Fsp3) is 0.207. The molecule has 2 aromatic carbocycles. The van der Waals surface area contributed by atoms with Crippen molar-refractivity contribution in [2.75, 3.05) is 20.3 Å². The fourth-order valence-corrected chi connectivity index (χ4v) is 3.78. The van der Waals surface area contributed by atoms with E-state index in [9.17, 15) is 18.4 Å². The molecule has 7 nitrogen and oxygen atoms in total. The van der Waals surface area contributed by atoms with Gasteiger partial charge in [0.1, 0.15) is 35.5 Å². The van der Waals surface area contributed by atoms with Crippen molar-refractivity contribution in [1.82, 2.24) is 9.97 Å². The molecule has 2 heterocycles. The molecule has 0 aliphatic rings. The smallest absolute Gasteiger partial charge is 0.339 e. The normalized spacial score (nSPS) is 10.8. The first kappa shape index (κ1) is 26.7. The molecule has 0 saturated heterocycles. The Balaban J connectivity index is 1.40. The number of nitrogens with one attached hydrogen (secondary N) is 1. The summed E-state index contributed by atoms with van der Waals surface area (Å²) in [5, 5.41) is 0. The van der Waals surface area contributed by atoms with E-state index >= 15 is 0 Å². The lowest BCUT2D eigenvalue weighted by Gasteiger charge is -2.09. The third kappa shape index (κ3) is 6.89. The summed E-state index contributed by atoms with van der Waals surface area (Å²) in [4.78, 5) is 31.8. The van der Waals surface area contributed by atoms with Gasteiger partial charge in [0.05, 0.1) is 23.6 Å². The van der Waals surface area contributed by atoms with Crippen LogP contribution in [0.15, 0.2) is 67.0 Å². The summed E-state index contributed by atoms with van der Waals surface area (Å²) in [7, 11) is 1.52. The quantitative estimate of drug-likeness (QED) is 0.204. The number of carbonyl (C=O) groups excluding carboxylic acids is 2. The standard InChI is InChI=1S/C29H26F2N2O5/c1-18-3-6-25(30)20(11-18)13-22(34)12-19-4-5-23(15-26(19)31)38-24-7-8-32-28(16-24)27-14-21(17-33-27)29(35)37-10-9-36-2/h3-8,11,14-17,33H,9-10,12-13H2,1-2H3. The minimum atomic E-state index is -0.601. The molecule has 196 valence electrons. The lowest BCUT2D eigenvalue weighted by atomic mass is 10.0. The van der Waals surface area contributed by atoms with Gasteiger partial charge in [-0.15, -0.1) is 0 Å². The van der Waals surface area contributed by atoms with Gasteiger partial charge in [-0.25, -0.2) is 13.6 Å². The second kappa shape index (κ2) is 12.2. The molecule has 38 heavy (non-hydrogen) atoms. The van der Waals surface area contributed by atoms with Gasteiger partial charge in [0.15, 0.2) is 0 Å². The van der Waals surface area contributed by atoms with Crippen molar-refractivity contribution in [3.05, 3.63) is 101 Å². The number of Topliss-reactive ketones (excluding diaryl/α,β-unsaturated/α-hetero) is 1. The number of carbonyl (C=O) groups is 2. The van der Waals surface area contributed by atoms with Gasteiger partial charge in [0, 0.05) is 44.5 Å². The van der Waals surface area contributed by atoms with Crippen LogP contribution in [-0.2, 0) is 27.1 Å². The summed E-state index contributed by atoms with van der Waals surface area (Å²) in [6.45, 7) is 2.26. The molecule has 0 bridgehead atoms. The number of halogens is 2. The first-order valence-corrected chi connectivity index (χ1v) is 11.9. The van der Waals surface area contributed by atoms with Crippen LogP contribution in [-0.4, -0.2) is 42.0 Å². The van der Waals surface area contributed by atoms with Gasteiger partial charge in [0.25, 0.3) is 0 Å². The van der Waals surface area contributed by atoms with Crippen LogP contribution in [0.5, 0.6) is 11.5 Å². The number of nitrogens with zero attached hydrogens (tertiary/aromatic N) is 1. The number of aromatic amines is 1. The van der Waals surface area contributed by atoms with Gasteiger partial charge < -0.3 is 19.2 Å². The van der Waals surface area contributed by atoms with Crippen molar-refractivity contribution in [2.45, 2.75) is 19.8 Å². The molecule has 0 aliphatic carbocycles. The van der Waals surface area contributed by atoms with Crippen LogP contribution in [0, 0.1) is 18.6 Å². The zero-order chi connectivity index (χ0) is 27.1. The Labute approximate surface area is 218 Å². The number of H-pyrrole nitrogens is 1. The molecule has 0 spiro atoms. The predicted molar refractivity (Wildman–Crippen MR) is 136 cm³/mol. The van der Waals surface area contributed by atoms with Gasteiger partial charge in [-0.3, -0.25) is 9.78 Å². The average molecular weight is 521 g/mol. The van der Waals surface area contributed by atoms with Crippen LogP contribution in [0.1, 0.15) is 27.0 Å². The van der Waals surface area contributed by atoms with E-state index < -0.39 is 17.6 Å².